The Morgan fingerprint density at radius 2 is 2.12 bits per heavy atom. The van der Waals surface area contributed by atoms with E-state index < -0.39 is 0 Å². The molecule has 3 aromatic rings. The zero-order valence-corrected chi connectivity index (χ0v) is 10.3. The number of pyridine rings is 1. The molecule has 0 saturated carbocycles. The molecule has 0 aromatic carbocycles. The van der Waals surface area contributed by atoms with Gasteiger partial charge in [-0.1, -0.05) is 0 Å². The number of thiazole rings is 1. The van der Waals surface area contributed by atoms with Crippen LogP contribution in [0.25, 0.3) is 21.9 Å². The second-order valence-corrected chi connectivity index (χ2v) is 4.77. The van der Waals surface area contributed by atoms with E-state index >= 15 is 0 Å². The van der Waals surface area contributed by atoms with Gasteiger partial charge in [0.05, 0.1) is 15.9 Å². The van der Waals surface area contributed by atoms with Gasteiger partial charge >= 0.3 is 0 Å². The maximum Gasteiger partial charge on any atom is 0.180 e. The Morgan fingerprint density at radius 1 is 1.24 bits per heavy atom. The number of nitrogens with zero attached hydrogens (tertiary/aromatic N) is 4. The summed E-state index contributed by atoms with van der Waals surface area (Å²) in [6, 6.07) is 3.96. The van der Waals surface area contributed by atoms with Gasteiger partial charge in [-0.05, 0) is 12.1 Å². The molecule has 3 rings (SSSR count). The second kappa shape index (κ2) is 3.81. The summed E-state index contributed by atoms with van der Waals surface area (Å²) in [7, 11) is 3.93. The lowest BCUT2D eigenvalue weighted by Crippen LogP contribution is -2.10. The Balaban J connectivity index is 2.13. The highest BCUT2D eigenvalue weighted by Gasteiger charge is 2.08. The van der Waals surface area contributed by atoms with Gasteiger partial charge in [0.25, 0.3) is 0 Å². The summed E-state index contributed by atoms with van der Waals surface area (Å²) >= 11 is 1.56. The molecule has 1 N–H and O–H groups in total. The molecule has 0 atom stereocenters. The highest BCUT2D eigenvalue weighted by molar-refractivity contribution is 7.13. The third kappa shape index (κ3) is 1.76. The summed E-state index contributed by atoms with van der Waals surface area (Å²) in [6.45, 7) is 0. The van der Waals surface area contributed by atoms with Crippen molar-refractivity contribution >= 4 is 28.3 Å². The van der Waals surface area contributed by atoms with Crippen LogP contribution in [0.3, 0.4) is 0 Å². The Morgan fingerprint density at radius 3 is 2.82 bits per heavy atom. The Kier molecular flexibility index (Phi) is 2.29. The van der Waals surface area contributed by atoms with Crippen LogP contribution < -0.4 is 4.90 Å². The number of anilines is 1. The summed E-state index contributed by atoms with van der Waals surface area (Å²) in [4.78, 5) is 19.2. The van der Waals surface area contributed by atoms with Crippen molar-refractivity contribution in [2.45, 2.75) is 0 Å². The highest BCUT2D eigenvalue weighted by Crippen LogP contribution is 2.23. The number of aromatic amines is 1. The standard InChI is InChI=1S/C11H11N5S/c1-16(2)9-4-3-7-10(14-9)15-11(13-7)8-5-12-6-17-8/h3-6H,1-2H3,(H,13,14,15). The van der Waals surface area contributed by atoms with Crippen molar-refractivity contribution in [1.82, 2.24) is 19.9 Å². The van der Waals surface area contributed by atoms with Crippen LogP contribution in [0.4, 0.5) is 5.82 Å². The van der Waals surface area contributed by atoms with Crippen LogP contribution in [-0.4, -0.2) is 34.0 Å². The number of rotatable bonds is 2. The summed E-state index contributed by atoms with van der Waals surface area (Å²) in [6.07, 6.45) is 1.80. The van der Waals surface area contributed by atoms with E-state index in [0.717, 1.165) is 27.7 Å². The molecule has 86 valence electrons. The van der Waals surface area contributed by atoms with Gasteiger partial charge in [-0.2, -0.15) is 0 Å². The molecule has 6 heteroatoms. The largest absolute Gasteiger partial charge is 0.363 e. The molecule has 3 aromatic heterocycles. The van der Waals surface area contributed by atoms with E-state index in [9.17, 15) is 0 Å². The lowest BCUT2D eigenvalue weighted by molar-refractivity contribution is 1.08. The number of fused-ring (bicyclic) bond motifs is 1. The topological polar surface area (TPSA) is 57.7 Å². The average molecular weight is 245 g/mol. The van der Waals surface area contributed by atoms with Crippen molar-refractivity contribution < 1.29 is 0 Å². The molecule has 5 nitrogen and oxygen atoms in total. The normalized spacial score (nSPS) is 10.9. The zero-order valence-electron chi connectivity index (χ0n) is 9.51. The highest BCUT2D eigenvalue weighted by atomic mass is 32.1. The fourth-order valence-corrected chi connectivity index (χ4v) is 2.15. The average Bonchev–Trinajstić information content (AvgIpc) is 2.96. The van der Waals surface area contributed by atoms with Gasteiger partial charge in [0.2, 0.25) is 0 Å². The van der Waals surface area contributed by atoms with Gasteiger partial charge in [0, 0.05) is 20.3 Å². The zero-order chi connectivity index (χ0) is 11.8. The number of nitrogens with one attached hydrogen (secondary N) is 1. The molecule has 0 unspecified atom stereocenters. The number of imidazole rings is 1. The van der Waals surface area contributed by atoms with Gasteiger partial charge < -0.3 is 9.88 Å². The Hall–Kier alpha value is -1.95. The van der Waals surface area contributed by atoms with Crippen LogP contribution in [0.2, 0.25) is 0 Å². The van der Waals surface area contributed by atoms with Gasteiger partial charge in [-0.15, -0.1) is 11.3 Å². The Labute approximate surface area is 102 Å². The SMILES string of the molecule is CN(C)c1ccc2[nH]c(-c3cncs3)nc2n1. The van der Waals surface area contributed by atoms with E-state index in [1.807, 2.05) is 31.1 Å². The van der Waals surface area contributed by atoms with Crippen LogP contribution in [0.1, 0.15) is 0 Å². The second-order valence-electron chi connectivity index (χ2n) is 3.89. The van der Waals surface area contributed by atoms with E-state index in [-0.39, 0.29) is 0 Å². The fraction of sp³-hybridized carbons (Fsp3) is 0.182. The first-order chi connectivity index (χ1) is 8.24. The summed E-state index contributed by atoms with van der Waals surface area (Å²) in [5, 5.41) is 0. The summed E-state index contributed by atoms with van der Waals surface area (Å²) in [5.41, 5.74) is 3.47. The van der Waals surface area contributed by atoms with Crippen molar-refractivity contribution in [3.05, 3.63) is 23.8 Å². The van der Waals surface area contributed by atoms with Crippen LogP contribution in [0, 0.1) is 0 Å². The molecule has 3 heterocycles. The van der Waals surface area contributed by atoms with Crippen molar-refractivity contribution in [3.8, 4) is 10.7 Å². The fourth-order valence-electron chi connectivity index (χ4n) is 1.58. The van der Waals surface area contributed by atoms with E-state index in [0.29, 0.717) is 0 Å². The van der Waals surface area contributed by atoms with Gasteiger partial charge in [0.1, 0.15) is 5.82 Å². The van der Waals surface area contributed by atoms with Crippen LogP contribution in [0.15, 0.2) is 23.8 Å². The first-order valence-electron chi connectivity index (χ1n) is 5.17. The number of hydrogen-bond acceptors (Lipinski definition) is 5. The van der Waals surface area contributed by atoms with E-state index in [1.54, 1.807) is 23.0 Å². The van der Waals surface area contributed by atoms with Gasteiger partial charge in [-0.25, -0.2) is 9.97 Å². The minimum Gasteiger partial charge on any atom is -0.363 e. The lowest BCUT2D eigenvalue weighted by Gasteiger charge is -2.09. The van der Waals surface area contributed by atoms with Gasteiger partial charge in [-0.3, -0.25) is 4.98 Å². The number of aromatic nitrogens is 4. The smallest absolute Gasteiger partial charge is 0.180 e. The predicted molar refractivity (Wildman–Crippen MR) is 69.3 cm³/mol. The first kappa shape index (κ1) is 10.2. The quantitative estimate of drug-likeness (QED) is 0.751. The molecule has 17 heavy (non-hydrogen) atoms. The van der Waals surface area contributed by atoms with E-state index in [4.69, 9.17) is 0 Å². The van der Waals surface area contributed by atoms with Crippen molar-refractivity contribution in [2.75, 3.05) is 19.0 Å². The number of hydrogen-bond donors (Lipinski definition) is 1. The molecule has 0 radical (unpaired) electrons. The summed E-state index contributed by atoms with van der Waals surface area (Å²) in [5.74, 6) is 1.73. The Bertz CT molecular complexity index is 641. The number of H-pyrrole nitrogens is 1. The molecule has 0 fully saturated rings. The molecule has 0 aliphatic rings. The maximum atomic E-state index is 4.48. The van der Waals surface area contributed by atoms with Gasteiger partial charge in [0.15, 0.2) is 11.5 Å². The van der Waals surface area contributed by atoms with Crippen LogP contribution in [-0.2, 0) is 0 Å². The molecular formula is C11H11N5S. The molecule has 0 bridgehead atoms. The lowest BCUT2D eigenvalue weighted by atomic mass is 10.4. The third-order valence-electron chi connectivity index (χ3n) is 2.46. The minimum absolute atomic E-state index is 0.736. The monoisotopic (exact) mass is 245 g/mol. The molecule has 0 amide bonds. The predicted octanol–water partition coefficient (Wildman–Crippen LogP) is 2.15. The summed E-state index contributed by atoms with van der Waals surface area (Å²) < 4.78 is 0. The maximum absolute atomic E-state index is 4.48. The van der Waals surface area contributed by atoms with Crippen molar-refractivity contribution in [3.63, 3.8) is 0 Å². The molecule has 0 aliphatic carbocycles. The molecular weight excluding hydrogens is 234 g/mol. The molecule has 0 aliphatic heterocycles. The minimum atomic E-state index is 0.736. The van der Waals surface area contributed by atoms with E-state index in [1.165, 1.54) is 0 Å². The third-order valence-corrected chi connectivity index (χ3v) is 3.23. The molecule has 0 spiro atoms. The van der Waals surface area contributed by atoms with Crippen molar-refractivity contribution in [1.29, 1.82) is 0 Å². The molecule has 0 saturated heterocycles. The van der Waals surface area contributed by atoms with E-state index in [2.05, 4.69) is 19.9 Å². The van der Waals surface area contributed by atoms with Crippen LogP contribution in [0.5, 0.6) is 0 Å². The van der Waals surface area contributed by atoms with Crippen LogP contribution >= 0.6 is 11.3 Å². The first-order valence-corrected chi connectivity index (χ1v) is 6.05. The van der Waals surface area contributed by atoms with Crippen molar-refractivity contribution in [2.24, 2.45) is 0 Å².